The van der Waals surface area contributed by atoms with Crippen LogP contribution >= 0.6 is 0 Å². The SMILES string of the molecule is NCC1(c2ccccc2)CCC(=O)CC1. The van der Waals surface area contributed by atoms with E-state index in [0.717, 1.165) is 12.8 Å². The molecule has 0 aromatic heterocycles. The molecule has 1 saturated carbocycles. The van der Waals surface area contributed by atoms with Crippen LogP contribution in [-0.2, 0) is 10.2 Å². The Labute approximate surface area is 90.5 Å². The zero-order valence-corrected chi connectivity index (χ0v) is 8.91. The Morgan fingerprint density at radius 2 is 1.73 bits per heavy atom. The van der Waals surface area contributed by atoms with E-state index in [2.05, 4.69) is 12.1 Å². The maximum atomic E-state index is 11.3. The lowest BCUT2D eigenvalue weighted by Gasteiger charge is -2.36. The van der Waals surface area contributed by atoms with E-state index in [1.807, 2.05) is 18.2 Å². The highest BCUT2D eigenvalue weighted by molar-refractivity contribution is 5.79. The highest BCUT2D eigenvalue weighted by atomic mass is 16.1. The molecule has 0 spiro atoms. The predicted octanol–water partition coefficient (Wildman–Crippen LogP) is 2.03. The summed E-state index contributed by atoms with van der Waals surface area (Å²) < 4.78 is 0. The van der Waals surface area contributed by atoms with Crippen LogP contribution < -0.4 is 5.73 Å². The van der Waals surface area contributed by atoms with E-state index >= 15 is 0 Å². The van der Waals surface area contributed by atoms with Gasteiger partial charge in [0, 0.05) is 24.8 Å². The number of nitrogens with two attached hydrogens (primary N) is 1. The van der Waals surface area contributed by atoms with Crippen LogP contribution in [0.3, 0.4) is 0 Å². The van der Waals surface area contributed by atoms with Crippen LogP contribution in [0, 0.1) is 0 Å². The summed E-state index contributed by atoms with van der Waals surface area (Å²) in [4.78, 5) is 11.3. The van der Waals surface area contributed by atoms with E-state index in [1.54, 1.807) is 0 Å². The predicted molar refractivity (Wildman–Crippen MR) is 60.6 cm³/mol. The number of hydrogen-bond acceptors (Lipinski definition) is 2. The van der Waals surface area contributed by atoms with Gasteiger partial charge in [-0.25, -0.2) is 0 Å². The molecule has 2 heteroatoms. The molecule has 0 bridgehead atoms. The topological polar surface area (TPSA) is 43.1 Å². The average Bonchev–Trinajstić information content (AvgIpc) is 2.32. The van der Waals surface area contributed by atoms with Crippen LogP contribution in [-0.4, -0.2) is 12.3 Å². The number of carbonyl (C=O) groups is 1. The van der Waals surface area contributed by atoms with Gasteiger partial charge in [0.1, 0.15) is 5.78 Å². The van der Waals surface area contributed by atoms with Crippen LogP contribution in [0.15, 0.2) is 30.3 Å². The second-order valence-electron chi connectivity index (χ2n) is 4.39. The van der Waals surface area contributed by atoms with Crippen molar-refractivity contribution in [2.75, 3.05) is 6.54 Å². The van der Waals surface area contributed by atoms with Crippen LogP contribution in [0.4, 0.5) is 0 Å². The van der Waals surface area contributed by atoms with Gasteiger partial charge in [-0.05, 0) is 18.4 Å². The van der Waals surface area contributed by atoms with Crippen LogP contribution in [0.25, 0.3) is 0 Å². The fourth-order valence-electron chi connectivity index (χ4n) is 2.41. The molecule has 1 aliphatic carbocycles. The maximum Gasteiger partial charge on any atom is 0.132 e. The van der Waals surface area contributed by atoms with E-state index in [0.29, 0.717) is 25.2 Å². The summed E-state index contributed by atoms with van der Waals surface area (Å²) in [6.07, 6.45) is 3.19. The third-order valence-electron chi connectivity index (χ3n) is 3.54. The Bertz CT molecular complexity index is 335. The lowest BCUT2D eigenvalue weighted by molar-refractivity contribution is -0.121. The largest absolute Gasteiger partial charge is 0.330 e. The third kappa shape index (κ3) is 1.95. The molecular weight excluding hydrogens is 186 g/mol. The molecule has 80 valence electrons. The number of benzene rings is 1. The van der Waals surface area contributed by atoms with E-state index in [9.17, 15) is 4.79 Å². The first-order chi connectivity index (χ1) is 7.27. The Hall–Kier alpha value is -1.15. The summed E-state index contributed by atoms with van der Waals surface area (Å²) in [7, 11) is 0. The van der Waals surface area contributed by atoms with Gasteiger partial charge in [-0.2, -0.15) is 0 Å². The van der Waals surface area contributed by atoms with E-state index in [4.69, 9.17) is 5.73 Å². The molecule has 2 nitrogen and oxygen atoms in total. The minimum absolute atomic E-state index is 0.0508. The quantitative estimate of drug-likeness (QED) is 0.799. The van der Waals surface area contributed by atoms with Crippen molar-refractivity contribution < 1.29 is 4.79 Å². The molecule has 0 amide bonds. The molecule has 1 aliphatic rings. The molecule has 0 heterocycles. The Morgan fingerprint density at radius 3 is 2.27 bits per heavy atom. The van der Waals surface area contributed by atoms with Crippen molar-refractivity contribution in [3.05, 3.63) is 35.9 Å². The average molecular weight is 203 g/mol. The summed E-state index contributed by atoms with van der Waals surface area (Å²) in [5, 5.41) is 0. The molecule has 0 atom stereocenters. The second-order valence-corrected chi connectivity index (χ2v) is 4.39. The number of ketones is 1. The number of Topliss-reactive ketones (excluding diaryl/α,β-unsaturated/α-hetero) is 1. The van der Waals surface area contributed by atoms with Crippen LogP contribution in [0.5, 0.6) is 0 Å². The highest BCUT2D eigenvalue weighted by Crippen LogP contribution is 2.37. The third-order valence-corrected chi connectivity index (χ3v) is 3.54. The zero-order chi connectivity index (χ0) is 10.7. The molecule has 1 aromatic carbocycles. The number of hydrogen-bond donors (Lipinski definition) is 1. The molecular formula is C13H17NO. The Kier molecular flexibility index (Phi) is 2.87. The molecule has 0 saturated heterocycles. The zero-order valence-electron chi connectivity index (χ0n) is 8.91. The van der Waals surface area contributed by atoms with Crippen LogP contribution in [0.2, 0.25) is 0 Å². The van der Waals surface area contributed by atoms with Crippen molar-refractivity contribution in [2.45, 2.75) is 31.1 Å². The first-order valence-electron chi connectivity index (χ1n) is 5.54. The van der Waals surface area contributed by atoms with Crippen molar-refractivity contribution in [1.29, 1.82) is 0 Å². The summed E-state index contributed by atoms with van der Waals surface area (Å²) >= 11 is 0. The summed E-state index contributed by atoms with van der Waals surface area (Å²) in [5.41, 5.74) is 7.25. The first-order valence-corrected chi connectivity index (χ1v) is 5.54. The number of carbonyl (C=O) groups excluding carboxylic acids is 1. The molecule has 0 unspecified atom stereocenters. The lowest BCUT2D eigenvalue weighted by atomic mass is 9.69. The summed E-state index contributed by atoms with van der Waals surface area (Å²) in [5.74, 6) is 0.384. The van der Waals surface area contributed by atoms with E-state index in [-0.39, 0.29) is 5.41 Å². The summed E-state index contributed by atoms with van der Waals surface area (Å²) in [6, 6.07) is 10.4. The molecule has 2 rings (SSSR count). The second kappa shape index (κ2) is 4.15. The molecule has 15 heavy (non-hydrogen) atoms. The van der Waals surface area contributed by atoms with Crippen molar-refractivity contribution >= 4 is 5.78 Å². The molecule has 0 aliphatic heterocycles. The van der Waals surface area contributed by atoms with Gasteiger partial charge in [-0.3, -0.25) is 4.79 Å². The van der Waals surface area contributed by atoms with Gasteiger partial charge in [0.15, 0.2) is 0 Å². The van der Waals surface area contributed by atoms with E-state index < -0.39 is 0 Å². The summed E-state index contributed by atoms with van der Waals surface area (Å²) in [6.45, 7) is 0.643. The van der Waals surface area contributed by atoms with Crippen molar-refractivity contribution in [3.63, 3.8) is 0 Å². The normalized spacial score (nSPS) is 20.2. The monoisotopic (exact) mass is 203 g/mol. The molecule has 2 N–H and O–H groups in total. The lowest BCUT2D eigenvalue weighted by Crippen LogP contribution is -2.39. The van der Waals surface area contributed by atoms with Gasteiger partial charge >= 0.3 is 0 Å². The van der Waals surface area contributed by atoms with Gasteiger partial charge in [0.2, 0.25) is 0 Å². The van der Waals surface area contributed by atoms with Gasteiger partial charge < -0.3 is 5.73 Å². The minimum Gasteiger partial charge on any atom is -0.330 e. The Morgan fingerprint density at radius 1 is 1.13 bits per heavy atom. The minimum atomic E-state index is 0.0508. The van der Waals surface area contributed by atoms with Gasteiger partial charge in [0.25, 0.3) is 0 Å². The van der Waals surface area contributed by atoms with Gasteiger partial charge in [-0.15, -0.1) is 0 Å². The Balaban J connectivity index is 2.26. The highest BCUT2D eigenvalue weighted by Gasteiger charge is 2.34. The molecule has 1 aromatic rings. The number of rotatable bonds is 2. The maximum absolute atomic E-state index is 11.3. The first kappa shape index (κ1) is 10.4. The van der Waals surface area contributed by atoms with Gasteiger partial charge in [-0.1, -0.05) is 30.3 Å². The molecule has 0 radical (unpaired) electrons. The molecule has 1 fully saturated rings. The van der Waals surface area contributed by atoms with Crippen LogP contribution in [0.1, 0.15) is 31.2 Å². The fraction of sp³-hybridized carbons (Fsp3) is 0.462. The van der Waals surface area contributed by atoms with Crippen molar-refractivity contribution in [1.82, 2.24) is 0 Å². The van der Waals surface area contributed by atoms with E-state index in [1.165, 1.54) is 5.56 Å². The van der Waals surface area contributed by atoms with Crippen molar-refractivity contribution in [2.24, 2.45) is 5.73 Å². The fourth-order valence-corrected chi connectivity index (χ4v) is 2.41. The van der Waals surface area contributed by atoms with Crippen molar-refractivity contribution in [3.8, 4) is 0 Å². The standard InChI is InChI=1S/C13H17NO/c14-10-13(8-6-12(15)7-9-13)11-4-2-1-3-5-11/h1-5H,6-10,14H2. The smallest absolute Gasteiger partial charge is 0.132 e. The van der Waals surface area contributed by atoms with Gasteiger partial charge in [0.05, 0.1) is 0 Å².